The molecule has 3 unspecified atom stereocenters. The second-order valence-corrected chi connectivity index (χ2v) is 16.3. The minimum Gasteiger partial charge on any atom is -0.479 e. The second-order valence-electron chi connectivity index (χ2n) is 12.8. The average Bonchev–Trinajstić information content (AvgIpc) is 2.92. The smallest absolute Gasteiger partial charge is 0.414 e. The van der Waals surface area contributed by atoms with E-state index in [0.29, 0.717) is 5.56 Å². The number of rotatable bonds is 11. The number of aliphatic imine (C=N–C) groups is 1. The Bertz CT molecular complexity index is 1630. The molecular weight excluding hydrogens is 667 g/mol. The van der Waals surface area contributed by atoms with Gasteiger partial charge in [-0.15, -0.1) is 0 Å². The molecule has 0 aliphatic rings. The third-order valence-electron chi connectivity index (χ3n) is 5.64. The summed E-state index contributed by atoms with van der Waals surface area (Å²) in [4.78, 5) is 52.3. The van der Waals surface area contributed by atoms with Crippen molar-refractivity contribution < 1.29 is 51.4 Å². The standard InChI is InChI=1S/C31H43N4O11PS/c1-20(2)25(35-48(42,43)18-17-21-13-10-9-11-14-21)47(40,41)46-24(26(36)37)22-15-12-16-23(19-22)32-27(33-28(38)44-30(3,4)5)34-29(39)45-31(6,7)8/h9-20,24-25,35H,1-8H3,(H,36,37)(H,40,41)(H2,32,33,34,38,39)/b18-17+. The highest BCUT2D eigenvalue weighted by atomic mass is 32.2. The van der Waals surface area contributed by atoms with Crippen LogP contribution in [0.5, 0.6) is 0 Å². The first-order chi connectivity index (χ1) is 22.0. The summed E-state index contributed by atoms with van der Waals surface area (Å²) in [6.45, 7) is 12.6. The molecule has 0 saturated heterocycles. The third kappa shape index (κ3) is 14.4. The number of nitrogens with one attached hydrogen (secondary N) is 3. The molecule has 2 amide bonds. The highest BCUT2D eigenvalue weighted by molar-refractivity contribution is 7.92. The second kappa shape index (κ2) is 16.3. The predicted octanol–water partition coefficient (Wildman–Crippen LogP) is 5.62. The van der Waals surface area contributed by atoms with E-state index in [9.17, 15) is 37.4 Å². The molecule has 17 heteroatoms. The van der Waals surface area contributed by atoms with Gasteiger partial charge in [0.1, 0.15) is 17.0 Å². The quantitative estimate of drug-likeness (QED) is 0.109. The van der Waals surface area contributed by atoms with Gasteiger partial charge < -0.3 is 19.5 Å². The van der Waals surface area contributed by atoms with Crippen LogP contribution >= 0.6 is 7.60 Å². The Hall–Kier alpha value is -4.08. The van der Waals surface area contributed by atoms with Crippen LogP contribution in [-0.2, 0) is 33.4 Å². The molecule has 0 aliphatic carbocycles. The molecule has 0 spiro atoms. The van der Waals surface area contributed by atoms with E-state index in [-0.39, 0.29) is 11.3 Å². The van der Waals surface area contributed by atoms with Crippen LogP contribution in [0.15, 0.2) is 65.0 Å². The number of alkyl carbamates (subject to hydrolysis) is 2. The fourth-order valence-electron chi connectivity index (χ4n) is 3.76. The molecule has 3 atom stereocenters. The van der Waals surface area contributed by atoms with Gasteiger partial charge in [0.05, 0.1) is 5.69 Å². The van der Waals surface area contributed by atoms with Gasteiger partial charge in [-0.2, -0.15) is 4.72 Å². The Kier molecular flexibility index (Phi) is 13.7. The molecule has 0 aliphatic heterocycles. The van der Waals surface area contributed by atoms with Crippen molar-refractivity contribution in [3.8, 4) is 0 Å². The van der Waals surface area contributed by atoms with E-state index in [0.717, 1.165) is 5.41 Å². The van der Waals surface area contributed by atoms with Gasteiger partial charge in [0, 0.05) is 5.41 Å². The Morgan fingerprint density at radius 3 is 1.92 bits per heavy atom. The predicted molar refractivity (Wildman–Crippen MR) is 180 cm³/mol. The summed E-state index contributed by atoms with van der Waals surface area (Å²) in [6, 6.07) is 13.7. The normalized spacial score (nSPS) is 14.8. The zero-order valence-electron chi connectivity index (χ0n) is 28.0. The monoisotopic (exact) mass is 710 g/mol. The first-order valence-corrected chi connectivity index (χ1v) is 17.8. The number of guanidine groups is 1. The minimum atomic E-state index is -5.03. The van der Waals surface area contributed by atoms with E-state index in [4.69, 9.17) is 14.0 Å². The van der Waals surface area contributed by atoms with Crippen LogP contribution in [0.4, 0.5) is 15.3 Å². The molecule has 264 valence electrons. The van der Waals surface area contributed by atoms with Crippen LogP contribution in [0.25, 0.3) is 6.08 Å². The number of aliphatic carboxylic acids is 1. The maximum Gasteiger partial charge on any atom is 0.414 e. The van der Waals surface area contributed by atoms with E-state index < -0.39 is 70.7 Å². The number of amides is 2. The number of nitrogens with zero attached hydrogens (tertiary/aromatic N) is 1. The molecular formula is C31H43N4O11PS. The zero-order chi connectivity index (χ0) is 36.5. The Balaban J connectivity index is 2.42. The molecule has 0 saturated carbocycles. The number of hydrogen-bond acceptors (Lipinski definition) is 10. The van der Waals surface area contributed by atoms with Gasteiger partial charge in [0.2, 0.25) is 16.0 Å². The van der Waals surface area contributed by atoms with Crippen molar-refractivity contribution in [3.63, 3.8) is 0 Å². The SMILES string of the molecule is CC(C)C(NS(=O)(=O)/C=C/c1ccccc1)P(=O)(O)OC(C(=O)O)c1cccc(N=C(NC(=O)OC(C)(C)C)NC(=O)OC(C)(C)C)c1. The molecule has 2 rings (SSSR count). The number of carboxylic acids is 1. The lowest BCUT2D eigenvalue weighted by Gasteiger charge is -2.28. The topological polar surface area (TPSA) is 219 Å². The fourth-order valence-corrected chi connectivity index (χ4v) is 7.15. The Morgan fingerprint density at radius 2 is 1.44 bits per heavy atom. The number of carbonyl (C=O) groups excluding carboxylic acids is 2. The maximum absolute atomic E-state index is 13.5. The van der Waals surface area contributed by atoms with Crippen LogP contribution < -0.4 is 15.4 Å². The van der Waals surface area contributed by atoms with Crippen molar-refractivity contribution in [2.24, 2.45) is 10.9 Å². The lowest BCUT2D eigenvalue weighted by atomic mass is 10.1. The number of carboxylic acid groups (broad SMARTS) is 1. The lowest BCUT2D eigenvalue weighted by molar-refractivity contribution is -0.145. The van der Waals surface area contributed by atoms with Crippen LogP contribution in [0.2, 0.25) is 0 Å². The number of benzene rings is 2. The summed E-state index contributed by atoms with van der Waals surface area (Å²) in [7, 11) is -9.32. The molecule has 15 nitrogen and oxygen atoms in total. The molecule has 0 aromatic heterocycles. The summed E-state index contributed by atoms with van der Waals surface area (Å²) >= 11 is 0. The first kappa shape index (κ1) is 40.1. The van der Waals surface area contributed by atoms with Gasteiger partial charge >= 0.3 is 25.8 Å². The van der Waals surface area contributed by atoms with Crippen LogP contribution in [0, 0.1) is 5.92 Å². The Morgan fingerprint density at radius 1 is 0.896 bits per heavy atom. The molecule has 0 radical (unpaired) electrons. The molecule has 0 bridgehead atoms. The van der Waals surface area contributed by atoms with Gasteiger partial charge in [-0.3, -0.25) is 19.7 Å². The fraction of sp³-hybridized carbons (Fsp3) is 0.419. The van der Waals surface area contributed by atoms with E-state index in [2.05, 4.69) is 20.3 Å². The molecule has 2 aromatic rings. The largest absolute Gasteiger partial charge is 0.479 e. The van der Waals surface area contributed by atoms with Crippen LogP contribution in [0.1, 0.15) is 72.6 Å². The molecule has 2 aromatic carbocycles. The number of sulfonamides is 1. The molecule has 5 N–H and O–H groups in total. The summed E-state index contributed by atoms with van der Waals surface area (Å²) in [6.07, 6.45) is -2.72. The lowest BCUT2D eigenvalue weighted by Crippen LogP contribution is -2.47. The summed E-state index contributed by atoms with van der Waals surface area (Å²) < 4.78 is 56.9. The molecule has 48 heavy (non-hydrogen) atoms. The van der Waals surface area contributed by atoms with E-state index in [1.807, 2.05) is 0 Å². The van der Waals surface area contributed by atoms with Crippen molar-refractivity contribution in [1.82, 2.24) is 15.4 Å². The van der Waals surface area contributed by atoms with E-state index >= 15 is 0 Å². The minimum absolute atomic E-state index is 0.0237. The molecule has 0 heterocycles. The average molecular weight is 711 g/mol. The maximum atomic E-state index is 13.5. The highest BCUT2D eigenvalue weighted by Gasteiger charge is 2.41. The van der Waals surface area contributed by atoms with Crippen molar-refractivity contribution in [3.05, 3.63) is 71.1 Å². The van der Waals surface area contributed by atoms with Crippen molar-refractivity contribution in [2.45, 2.75) is 78.5 Å². The third-order valence-corrected chi connectivity index (χ3v) is 8.83. The van der Waals surface area contributed by atoms with Crippen molar-refractivity contribution >= 4 is 53.5 Å². The van der Waals surface area contributed by atoms with Crippen molar-refractivity contribution in [2.75, 3.05) is 0 Å². The van der Waals surface area contributed by atoms with Gasteiger partial charge in [0.15, 0.2) is 6.10 Å². The summed E-state index contributed by atoms with van der Waals surface area (Å²) in [5.41, 5.74) is -1.42. The Labute approximate surface area is 280 Å². The van der Waals surface area contributed by atoms with Gasteiger partial charge in [0.25, 0.3) is 0 Å². The zero-order valence-corrected chi connectivity index (χ0v) is 29.7. The van der Waals surface area contributed by atoms with Gasteiger partial charge in [-0.05, 0) is 76.8 Å². The molecule has 0 fully saturated rings. The number of carbonyl (C=O) groups is 3. The van der Waals surface area contributed by atoms with Gasteiger partial charge in [-0.25, -0.2) is 27.8 Å². The number of hydrogen-bond donors (Lipinski definition) is 5. The number of ether oxygens (including phenoxy) is 2. The van der Waals surface area contributed by atoms with Crippen LogP contribution in [-0.4, -0.2) is 59.5 Å². The summed E-state index contributed by atoms with van der Waals surface area (Å²) in [5, 5.41) is 15.4. The summed E-state index contributed by atoms with van der Waals surface area (Å²) in [5.74, 6) is -4.65. The van der Waals surface area contributed by atoms with E-state index in [1.165, 1.54) is 44.2 Å². The van der Waals surface area contributed by atoms with Crippen molar-refractivity contribution in [1.29, 1.82) is 0 Å². The van der Waals surface area contributed by atoms with E-state index in [1.54, 1.807) is 71.9 Å². The highest BCUT2D eigenvalue weighted by Crippen LogP contribution is 2.53. The van der Waals surface area contributed by atoms with Crippen LogP contribution in [0.3, 0.4) is 0 Å². The van der Waals surface area contributed by atoms with Gasteiger partial charge in [-0.1, -0.05) is 56.3 Å². The first-order valence-electron chi connectivity index (χ1n) is 14.6.